The van der Waals surface area contributed by atoms with Crippen LogP contribution in [-0.2, 0) is 45.4 Å². The van der Waals surface area contributed by atoms with Gasteiger partial charge in [-0.05, 0) is 22.3 Å². The van der Waals surface area contributed by atoms with Gasteiger partial charge in [0.25, 0.3) is 11.8 Å². The lowest BCUT2D eigenvalue weighted by Crippen LogP contribution is -2.58. The van der Waals surface area contributed by atoms with Gasteiger partial charge in [-0.25, -0.2) is 30.5 Å². The largest absolute Gasteiger partial charge is 0.443 e. The number of nitrogens with zero attached hydrogens (tertiary/aromatic N) is 2. The Bertz CT molecular complexity index is 1440. The predicted octanol–water partition coefficient (Wildman–Crippen LogP) is 3.45. The van der Waals surface area contributed by atoms with E-state index in [0.29, 0.717) is 22.3 Å². The molecule has 12 heteroatoms. The topological polar surface area (TPSA) is 158 Å². The highest BCUT2D eigenvalue weighted by Gasteiger charge is 2.37. The Morgan fingerprint density at radius 2 is 0.783 bits per heavy atom. The maximum Gasteiger partial charge on any atom is 0.426 e. The van der Waals surface area contributed by atoms with E-state index >= 15 is 0 Å². The van der Waals surface area contributed by atoms with Crippen LogP contribution in [0.3, 0.4) is 0 Å². The number of amides is 4. The Labute approximate surface area is 265 Å². The van der Waals surface area contributed by atoms with E-state index < -0.39 is 36.2 Å². The maximum atomic E-state index is 13.4. The lowest BCUT2D eigenvalue weighted by molar-refractivity contribution is -0.162. The highest BCUT2D eigenvalue weighted by Crippen LogP contribution is 2.11. The first-order chi connectivity index (χ1) is 22.3. The minimum Gasteiger partial charge on any atom is -0.443 e. The van der Waals surface area contributed by atoms with Crippen LogP contribution < -0.4 is 10.9 Å². The number of rotatable bonds is 11. The minimum absolute atomic E-state index is 0.0931. The molecule has 0 saturated heterocycles. The summed E-state index contributed by atoms with van der Waals surface area (Å²) in [6.45, 7) is -0.639. The van der Waals surface area contributed by atoms with E-state index in [4.69, 9.17) is 9.47 Å². The van der Waals surface area contributed by atoms with Gasteiger partial charge >= 0.3 is 12.2 Å². The van der Waals surface area contributed by atoms with Crippen LogP contribution >= 0.6 is 0 Å². The van der Waals surface area contributed by atoms with Crippen molar-refractivity contribution in [3.05, 3.63) is 144 Å². The first kappa shape index (κ1) is 33.2. The zero-order valence-electron chi connectivity index (χ0n) is 24.8. The summed E-state index contributed by atoms with van der Waals surface area (Å²) in [4.78, 5) is 52.1. The van der Waals surface area contributed by atoms with Gasteiger partial charge in [-0.15, -0.1) is 0 Å². The second-order valence-electron chi connectivity index (χ2n) is 10.1. The number of carbonyl (C=O) groups is 4. The van der Waals surface area contributed by atoms with Gasteiger partial charge in [-0.3, -0.25) is 9.59 Å². The summed E-state index contributed by atoms with van der Waals surface area (Å²) in [5.74, 6) is -2.40. The third-order valence-electron chi connectivity index (χ3n) is 6.58. The molecule has 0 fully saturated rings. The third kappa shape index (κ3) is 10.2. The molecule has 4 aromatic carbocycles. The zero-order chi connectivity index (χ0) is 32.7. The van der Waals surface area contributed by atoms with E-state index in [-0.39, 0.29) is 26.3 Å². The lowest BCUT2D eigenvalue weighted by atomic mass is 10.1. The van der Waals surface area contributed by atoms with Crippen LogP contribution in [0, 0.1) is 0 Å². The number of aliphatic hydroxyl groups excluding tert-OH is 2. The van der Waals surface area contributed by atoms with Crippen molar-refractivity contribution in [2.24, 2.45) is 0 Å². The Morgan fingerprint density at radius 1 is 0.500 bits per heavy atom. The Morgan fingerprint density at radius 3 is 1.09 bits per heavy atom. The summed E-state index contributed by atoms with van der Waals surface area (Å²) in [5, 5.41) is 23.3. The molecule has 12 nitrogen and oxygen atoms in total. The number of nitrogens with one attached hydrogen (secondary N) is 2. The van der Waals surface area contributed by atoms with Crippen LogP contribution in [0.1, 0.15) is 22.3 Å². The molecular formula is C34H34N4O8. The first-order valence-electron chi connectivity index (χ1n) is 14.3. The van der Waals surface area contributed by atoms with Gasteiger partial charge in [0.05, 0.1) is 13.1 Å². The van der Waals surface area contributed by atoms with Gasteiger partial charge < -0.3 is 19.7 Å². The van der Waals surface area contributed by atoms with Crippen molar-refractivity contribution in [3.8, 4) is 0 Å². The molecule has 238 valence electrons. The van der Waals surface area contributed by atoms with Crippen molar-refractivity contribution < 1.29 is 38.9 Å². The molecule has 0 bridgehead atoms. The molecule has 0 aromatic heterocycles. The highest BCUT2D eigenvalue weighted by atomic mass is 16.6. The molecule has 0 spiro atoms. The summed E-state index contributed by atoms with van der Waals surface area (Å²) < 4.78 is 10.4. The molecule has 4 amide bonds. The highest BCUT2D eigenvalue weighted by molar-refractivity contribution is 5.92. The molecule has 2 atom stereocenters. The Hall–Kier alpha value is -5.72. The van der Waals surface area contributed by atoms with Crippen molar-refractivity contribution in [1.29, 1.82) is 0 Å². The van der Waals surface area contributed by atoms with Gasteiger partial charge in [0.15, 0.2) is 12.2 Å². The fourth-order valence-electron chi connectivity index (χ4n) is 4.20. The van der Waals surface area contributed by atoms with Crippen LogP contribution in [0.5, 0.6) is 0 Å². The fraction of sp³-hybridized carbons (Fsp3) is 0.176. The number of benzene rings is 4. The summed E-state index contributed by atoms with van der Waals surface area (Å²) in [6, 6.07) is 34.8. The van der Waals surface area contributed by atoms with Gasteiger partial charge in [0, 0.05) is 0 Å². The SMILES string of the molecule is O=C(NN(Cc1ccccc1)C(=O)[C@@H](O)[C@H](O)C(=O)N(Cc1ccccc1)NC(=O)OCc1ccccc1)OCc1ccccc1. The molecular weight excluding hydrogens is 592 g/mol. The number of carbonyl (C=O) groups excluding carboxylic acids is 4. The van der Waals surface area contributed by atoms with Gasteiger partial charge in [-0.2, -0.15) is 0 Å². The molecule has 0 aliphatic heterocycles. The normalized spacial score (nSPS) is 11.8. The van der Waals surface area contributed by atoms with E-state index in [2.05, 4.69) is 10.9 Å². The molecule has 0 unspecified atom stereocenters. The molecule has 0 radical (unpaired) electrons. The average molecular weight is 627 g/mol. The minimum atomic E-state index is -2.34. The summed E-state index contributed by atoms with van der Waals surface area (Å²) in [6.07, 6.45) is -6.69. The summed E-state index contributed by atoms with van der Waals surface area (Å²) in [7, 11) is 0. The van der Waals surface area contributed by atoms with Crippen LogP contribution in [0.15, 0.2) is 121 Å². The van der Waals surface area contributed by atoms with Crippen molar-refractivity contribution in [1.82, 2.24) is 20.9 Å². The van der Waals surface area contributed by atoms with E-state index in [1.807, 2.05) is 12.1 Å². The molecule has 4 N–H and O–H groups in total. The number of ether oxygens (including phenoxy) is 2. The van der Waals surface area contributed by atoms with Gasteiger partial charge in [-0.1, -0.05) is 121 Å². The first-order valence-corrected chi connectivity index (χ1v) is 14.3. The van der Waals surface area contributed by atoms with Crippen molar-refractivity contribution in [3.63, 3.8) is 0 Å². The molecule has 0 heterocycles. The van der Waals surface area contributed by atoms with E-state index in [1.165, 1.54) is 0 Å². The second kappa shape index (κ2) is 16.9. The molecule has 46 heavy (non-hydrogen) atoms. The fourth-order valence-corrected chi connectivity index (χ4v) is 4.20. The monoisotopic (exact) mass is 626 g/mol. The number of hydrazine groups is 2. The number of hydrogen-bond donors (Lipinski definition) is 4. The maximum absolute atomic E-state index is 13.4. The predicted molar refractivity (Wildman–Crippen MR) is 166 cm³/mol. The third-order valence-corrected chi connectivity index (χ3v) is 6.58. The summed E-state index contributed by atoms with van der Waals surface area (Å²) >= 11 is 0. The van der Waals surface area contributed by atoms with Crippen LogP contribution in [0.4, 0.5) is 9.59 Å². The number of aliphatic hydroxyl groups is 2. The standard InChI is InChI=1S/C34H34N4O8/c39-29(31(41)37(21-25-13-5-1-6-14-25)35-33(43)45-23-27-17-9-3-10-18-27)30(40)32(42)38(22-26-15-7-2-8-16-26)36-34(44)46-24-28-19-11-4-12-20-28/h1-20,29-30,39-40H,21-24H2,(H,35,43)(H,36,44)/t29-,30-/m0/s1. The average Bonchev–Trinajstić information content (AvgIpc) is 3.10. The molecule has 0 aliphatic rings. The smallest absolute Gasteiger partial charge is 0.426 e. The van der Waals surface area contributed by atoms with E-state index in [9.17, 15) is 29.4 Å². The molecule has 4 rings (SSSR count). The van der Waals surface area contributed by atoms with Crippen LogP contribution in [0.25, 0.3) is 0 Å². The Kier molecular flexibility index (Phi) is 12.2. The van der Waals surface area contributed by atoms with E-state index in [0.717, 1.165) is 10.0 Å². The van der Waals surface area contributed by atoms with Crippen LogP contribution in [-0.4, -0.2) is 56.4 Å². The van der Waals surface area contributed by atoms with Crippen molar-refractivity contribution >= 4 is 24.0 Å². The van der Waals surface area contributed by atoms with Gasteiger partial charge in [0.1, 0.15) is 13.2 Å². The van der Waals surface area contributed by atoms with Crippen molar-refractivity contribution in [2.45, 2.75) is 38.5 Å². The molecule has 0 saturated carbocycles. The zero-order valence-corrected chi connectivity index (χ0v) is 24.8. The Balaban J connectivity index is 1.46. The lowest BCUT2D eigenvalue weighted by Gasteiger charge is -2.29. The molecule has 4 aromatic rings. The number of hydrogen-bond acceptors (Lipinski definition) is 8. The van der Waals surface area contributed by atoms with Gasteiger partial charge in [0.2, 0.25) is 0 Å². The molecule has 0 aliphatic carbocycles. The van der Waals surface area contributed by atoms with Crippen molar-refractivity contribution in [2.75, 3.05) is 0 Å². The quantitative estimate of drug-likeness (QED) is 0.184. The summed E-state index contributed by atoms with van der Waals surface area (Å²) in [5.41, 5.74) is 7.11. The van der Waals surface area contributed by atoms with E-state index in [1.54, 1.807) is 109 Å². The van der Waals surface area contributed by atoms with Crippen LogP contribution in [0.2, 0.25) is 0 Å². The second-order valence-corrected chi connectivity index (χ2v) is 10.1.